The van der Waals surface area contributed by atoms with Gasteiger partial charge in [0.2, 0.25) is 5.91 Å². The van der Waals surface area contributed by atoms with Crippen molar-refractivity contribution in [3.8, 4) is 0 Å². The molecule has 0 aromatic heterocycles. The number of hydrogen-bond donors (Lipinski definition) is 12. The summed E-state index contributed by atoms with van der Waals surface area (Å²) in [6, 6.07) is -0.992. The maximum atomic E-state index is 13.5. The molecule has 3 saturated heterocycles. The van der Waals surface area contributed by atoms with Crippen molar-refractivity contribution in [2.24, 2.45) is 0 Å². The molecule has 19 nitrogen and oxygen atoms in total. The van der Waals surface area contributed by atoms with Gasteiger partial charge in [-0.1, -0.05) is 317 Å². The molecule has 604 valence electrons. The average Bonchev–Trinajstić information content (AvgIpc) is 0.783. The van der Waals surface area contributed by atoms with Crippen molar-refractivity contribution in [3.63, 3.8) is 0 Å². The van der Waals surface area contributed by atoms with Gasteiger partial charge < -0.3 is 89.9 Å². The molecule has 0 saturated carbocycles. The molecule has 0 aromatic carbocycles. The summed E-state index contributed by atoms with van der Waals surface area (Å²) < 4.78 is 34.4. The van der Waals surface area contributed by atoms with E-state index in [1.807, 2.05) is 6.08 Å². The largest absolute Gasteiger partial charge is 0.394 e. The maximum absolute atomic E-state index is 13.5. The lowest BCUT2D eigenvalue weighted by atomic mass is 9.96. The zero-order valence-electron chi connectivity index (χ0n) is 64.7. The highest BCUT2D eigenvalue weighted by molar-refractivity contribution is 5.76. The molecule has 12 N–H and O–H groups in total. The van der Waals surface area contributed by atoms with Gasteiger partial charge in [-0.15, -0.1) is 0 Å². The molecule has 17 atom stereocenters. The van der Waals surface area contributed by atoms with Crippen molar-refractivity contribution in [1.82, 2.24) is 5.32 Å². The van der Waals surface area contributed by atoms with Gasteiger partial charge in [-0.25, -0.2) is 0 Å². The van der Waals surface area contributed by atoms with Crippen molar-refractivity contribution in [2.45, 2.75) is 420 Å². The van der Waals surface area contributed by atoms with E-state index in [0.717, 1.165) is 70.6 Å². The summed E-state index contributed by atoms with van der Waals surface area (Å²) in [7, 11) is 0. The van der Waals surface area contributed by atoms with Crippen LogP contribution in [-0.4, -0.2) is 193 Å². The third-order valence-corrected chi connectivity index (χ3v) is 20.4. The predicted molar refractivity (Wildman–Crippen MR) is 415 cm³/mol. The molecule has 3 rings (SSSR count). The van der Waals surface area contributed by atoms with Crippen LogP contribution < -0.4 is 5.32 Å². The molecule has 1 amide bonds. The second-order valence-electron chi connectivity index (χ2n) is 29.6. The molecular formula is C85H151NO18. The fourth-order valence-corrected chi connectivity index (χ4v) is 13.8. The Morgan fingerprint density at radius 1 is 0.356 bits per heavy atom. The number of hydrogen-bond acceptors (Lipinski definition) is 18. The summed E-state index contributed by atoms with van der Waals surface area (Å²) in [6.45, 7) is 1.63. The molecule has 0 spiro atoms. The Morgan fingerprint density at radius 3 is 1.08 bits per heavy atom. The minimum absolute atomic E-state index is 0.237. The van der Waals surface area contributed by atoms with Gasteiger partial charge in [0.25, 0.3) is 0 Å². The van der Waals surface area contributed by atoms with Crippen LogP contribution in [0.3, 0.4) is 0 Å². The van der Waals surface area contributed by atoms with Gasteiger partial charge in [0, 0.05) is 6.42 Å². The molecule has 0 aliphatic carbocycles. The maximum Gasteiger partial charge on any atom is 0.220 e. The Bertz CT molecular complexity index is 2210. The van der Waals surface area contributed by atoms with Gasteiger partial charge in [0.15, 0.2) is 18.9 Å². The third kappa shape index (κ3) is 44.0. The Morgan fingerprint density at radius 2 is 0.673 bits per heavy atom. The van der Waals surface area contributed by atoms with Crippen LogP contribution in [0.4, 0.5) is 0 Å². The number of rotatable bonds is 66. The van der Waals surface area contributed by atoms with Gasteiger partial charge in [-0.2, -0.15) is 0 Å². The van der Waals surface area contributed by atoms with Gasteiger partial charge in [-0.3, -0.25) is 4.79 Å². The second-order valence-corrected chi connectivity index (χ2v) is 29.6. The van der Waals surface area contributed by atoms with E-state index in [1.165, 1.54) is 212 Å². The first-order valence-electron chi connectivity index (χ1n) is 41.8. The smallest absolute Gasteiger partial charge is 0.220 e. The van der Waals surface area contributed by atoms with E-state index in [0.29, 0.717) is 12.8 Å². The standard InChI is InChI=1S/C85H151NO18/c1-3-5-7-9-11-13-15-17-19-21-23-24-25-26-27-28-29-30-31-32-33-34-35-36-37-38-39-40-41-42-43-44-45-47-49-51-53-55-57-59-61-63-73(91)86-68(69(90)62-60-58-56-54-52-50-48-46-22-20-18-16-14-12-10-8-6-4-2)67-99-83-79(97)76(94)81(71(65-88)101-83)104-85-80(98)77(95)82(72(66-89)102-85)103-84-78(96)75(93)74(92)70(64-87)100-84/h5,7,11,13,17,19,23-24,26-27,52,54,60,62,68-72,74-85,87-90,92-98H,3-4,6,8-10,12,14-16,18,20-22,25,28-51,53,55-59,61,63-67H2,1-2H3,(H,86,91)/b7-5-,13-11-,19-17-,24-23-,27-26-,54-52+,62-60+. The molecular weight excluding hydrogens is 1320 g/mol. The topological polar surface area (TPSA) is 307 Å². The molecule has 19 heteroatoms. The molecule has 0 aromatic rings. The van der Waals surface area contributed by atoms with E-state index >= 15 is 0 Å². The molecule has 3 heterocycles. The number of carbonyl (C=O) groups is 1. The molecule has 0 radical (unpaired) electrons. The quantitative estimate of drug-likeness (QED) is 0.0199. The summed E-state index contributed by atoms with van der Waals surface area (Å²) in [4.78, 5) is 13.5. The lowest BCUT2D eigenvalue weighted by molar-refractivity contribution is -0.379. The van der Waals surface area contributed by atoms with Crippen LogP contribution in [0.5, 0.6) is 0 Å². The van der Waals surface area contributed by atoms with E-state index < -0.39 is 124 Å². The van der Waals surface area contributed by atoms with Crippen LogP contribution >= 0.6 is 0 Å². The van der Waals surface area contributed by atoms with Gasteiger partial charge in [0.05, 0.1) is 38.6 Å². The summed E-state index contributed by atoms with van der Waals surface area (Å²) in [5.74, 6) is -0.281. The highest BCUT2D eigenvalue weighted by atomic mass is 16.8. The number of aliphatic hydroxyl groups excluding tert-OH is 11. The number of carbonyl (C=O) groups excluding carboxylic acids is 1. The Kier molecular flexibility index (Phi) is 59.3. The number of allylic oxidation sites excluding steroid dienone is 13. The number of nitrogens with one attached hydrogen (secondary N) is 1. The van der Waals surface area contributed by atoms with Gasteiger partial charge in [0.1, 0.15) is 73.2 Å². The predicted octanol–water partition coefficient (Wildman–Crippen LogP) is 14.6. The van der Waals surface area contributed by atoms with Gasteiger partial charge in [-0.05, 0) is 77.0 Å². The zero-order chi connectivity index (χ0) is 75.3. The summed E-state index contributed by atoms with van der Waals surface area (Å²) >= 11 is 0. The van der Waals surface area contributed by atoms with E-state index in [-0.39, 0.29) is 18.9 Å². The van der Waals surface area contributed by atoms with E-state index in [4.69, 9.17) is 28.4 Å². The van der Waals surface area contributed by atoms with Gasteiger partial charge >= 0.3 is 0 Å². The molecule has 0 bridgehead atoms. The highest BCUT2D eigenvalue weighted by Crippen LogP contribution is 2.33. The Labute approximate surface area is 629 Å². The SMILES string of the molecule is CC/C=C\C/C=C\C/C=C\C/C=C\C/C=C\CCCCCCCCCCCCCCCCCCCCCCCCCCCC(=O)NC(COC1OC(CO)C(OC2OC(CO)C(OC3OC(CO)C(O)C(O)C3O)C(O)C2O)C(O)C1O)C(O)/C=C/CC/C=C/CCCCCCCCCCCCCC. The normalized spacial score (nSPS) is 26.3. The summed E-state index contributed by atoms with van der Waals surface area (Å²) in [5, 5.41) is 121. The Hall–Kier alpha value is -3.03. The molecule has 3 aliphatic heterocycles. The second kappa shape index (κ2) is 64.8. The van der Waals surface area contributed by atoms with Crippen LogP contribution in [0.1, 0.15) is 316 Å². The fourth-order valence-electron chi connectivity index (χ4n) is 13.8. The van der Waals surface area contributed by atoms with Crippen molar-refractivity contribution in [3.05, 3.63) is 85.1 Å². The third-order valence-electron chi connectivity index (χ3n) is 20.4. The van der Waals surface area contributed by atoms with E-state index in [9.17, 15) is 61.0 Å². The lowest BCUT2D eigenvalue weighted by Crippen LogP contribution is -2.66. The highest BCUT2D eigenvalue weighted by Gasteiger charge is 2.54. The van der Waals surface area contributed by atoms with Crippen LogP contribution in [0.25, 0.3) is 0 Å². The summed E-state index contributed by atoms with van der Waals surface area (Å²) in [6.07, 6.45) is 60.3. The van der Waals surface area contributed by atoms with Crippen LogP contribution in [0.15, 0.2) is 85.1 Å². The van der Waals surface area contributed by atoms with Crippen molar-refractivity contribution >= 4 is 5.91 Å². The van der Waals surface area contributed by atoms with Crippen molar-refractivity contribution < 1.29 is 89.4 Å². The minimum atomic E-state index is -1.98. The zero-order valence-corrected chi connectivity index (χ0v) is 64.7. The molecule has 104 heavy (non-hydrogen) atoms. The van der Waals surface area contributed by atoms with E-state index in [1.54, 1.807) is 6.08 Å². The summed E-state index contributed by atoms with van der Waals surface area (Å²) in [5.41, 5.74) is 0. The molecule has 3 fully saturated rings. The minimum Gasteiger partial charge on any atom is -0.394 e. The van der Waals surface area contributed by atoms with Crippen LogP contribution in [0.2, 0.25) is 0 Å². The first-order chi connectivity index (χ1) is 50.8. The van der Waals surface area contributed by atoms with Crippen LogP contribution in [0, 0.1) is 0 Å². The monoisotopic (exact) mass is 1470 g/mol. The first kappa shape index (κ1) is 95.2. The number of aliphatic hydroxyl groups is 11. The molecule has 3 aliphatic rings. The Balaban J connectivity index is 1.29. The average molecular weight is 1480 g/mol. The van der Waals surface area contributed by atoms with E-state index in [2.05, 4.69) is 92.1 Å². The molecule has 17 unspecified atom stereocenters. The fraction of sp³-hybridized carbons (Fsp3) is 0.824. The number of amides is 1. The number of ether oxygens (including phenoxy) is 6. The lowest BCUT2D eigenvalue weighted by Gasteiger charge is -2.48. The van der Waals surface area contributed by atoms with Crippen molar-refractivity contribution in [1.29, 1.82) is 0 Å². The first-order valence-corrected chi connectivity index (χ1v) is 41.8. The number of unbranched alkanes of at least 4 members (excludes halogenated alkanes) is 38. The van der Waals surface area contributed by atoms with Crippen molar-refractivity contribution in [2.75, 3.05) is 26.4 Å². The van der Waals surface area contributed by atoms with Crippen LogP contribution in [-0.2, 0) is 33.2 Å².